The Bertz CT molecular complexity index is 608. The van der Waals surface area contributed by atoms with E-state index < -0.39 is 5.82 Å². The molecule has 3 nitrogen and oxygen atoms in total. The van der Waals surface area contributed by atoms with Crippen LogP contribution in [0.3, 0.4) is 0 Å². The lowest BCUT2D eigenvalue weighted by atomic mass is 10.0. The van der Waals surface area contributed by atoms with Gasteiger partial charge >= 0.3 is 0 Å². The SMILES string of the molecule is COc1cccc(C(=O)c2ccc(CCN)cc2)c1F. The molecule has 104 valence electrons. The zero-order valence-electron chi connectivity index (χ0n) is 11.2. The van der Waals surface area contributed by atoms with Crippen molar-refractivity contribution in [3.8, 4) is 5.75 Å². The molecular weight excluding hydrogens is 257 g/mol. The zero-order valence-corrected chi connectivity index (χ0v) is 11.2. The van der Waals surface area contributed by atoms with Crippen molar-refractivity contribution in [1.29, 1.82) is 0 Å². The molecule has 0 fully saturated rings. The van der Waals surface area contributed by atoms with Crippen LogP contribution < -0.4 is 10.5 Å². The van der Waals surface area contributed by atoms with Crippen LogP contribution in [0.15, 0.2) is 42.5 Å². The van der Waals surface area contributed by atoms with Gasteiger partial charge in [-0.05, 0) is 30.7 Å². The molecule has 2 rings (SSSR count). The summed E-state index contributed by atoms with van der Waals surface area (Å²) in [5, 5.41) is 0. The summed E-state index contributed by atoms with van der Waals surface area (Å²) in [6.45, 7) is 0.553. The van der Waals surface area contributed by atoms with Gasteiger partial charge in [0.15, 0.2) is 17.3 Å². The Balaban J connectivity index is 2.31. The lowest BCUT2D eigenvalue weighted by Gasteiger charge is -2.07. The van der Waals surface area contributed by atoms with Crippen molar-refractivity contribution in [2.45, 2.75) is 6.42 Å². The number of rotatable bonds is 5. The van der Waals surface area contributed by atoms with Crippen LogP contribution in [0.2, 0.25) is 0 Å². The summed E-state index contributed by atoms with van der Waals surface area (Å²) in [5.74, 6) is -0.928. The highest BCUT2D eigenvalue weighted by atomic mass is 19.1. The van der Waals surface area contributed by atoms with Gasteiger partial charge in [0.05, 0.1) is 12.7 Å². The number of halogens is 1. The number of carbonyl (C=O) groups excluding carboxylic acids is 1. The number of benzene rings is 2. The molecule has 0 saturated heterocycles. The third-order valence-corrected chi connectivity index (χ3v) is 3.08. The normalized spacial score (nSPS) is 10.3. The first-order chi connectivity index (χ1) is 9.67. The zero-order chi connectivity index (χ0) is 14.5. The fourth-order valence-corrected chi connectivity index (χ4v) is 1.99. The van der Waals surface area contributed by atoms with Crippen LogP contribution in [-0.2, 0) is 6.42 Å². The molecule has 4 heteroatoms. The fourth-order valence-electron chi connectivity index (χ4n) is 1.99. The Morgan fingerprint density at radius 3 is 2.50 bits per heavy atom. The lowest BCUT2D eigenvalue weighted by Crippen LogP contribution is -2.06. The molecule has 20 heavy (non-hydrogen) atoms. The average molecular weight is 273 g/mol. The third kappa shape index (κ3) is 2.86. The number of ether oxygens (including phenoxy) is 1. The summed E-state index contributed by atoms with van der Waals surface area (Å²) in [5.41, 5.74) is 6.97. The van der Waals surface area contributed by atoms with E-state index in [1.165, 1.54) is 19.2 Å². The monoisotopic (exact) mass is 273 g/mol. The maximum atomic E-state index is 14.0. The number of carbonyl (C=O) groups is 1. The quantitative estimate of drug-likeness (QED) is 0.852. The van der Waals surface area contributed by atoms with E-state index in [-0.39, 0.29) is 17.1 Å². The van der Waals surface area contributed by atoms with Crippen LogP contribution in [0, 0.1) is 5.82 Å². The first-order valence-corrected chi connectivity index (χ1v) is 6.33. The summed E-state index contributed by atoms with van der Waals surface area (Å²) in [4.78, 5) is 12.3. The minimum absolute atomic E-state index is 0.0101. The van der Waals surface area contributed by atoms with Crippen LogP contribution >= 0.6 is 0 Å². The Morgan fingerprint density at radius 1 is 1.20 bits per heavy atom. The number of nitrogens with two attached hydrogens (primary N) is 1. The minimum Gasteiger partial charge on any atom is -0.494 e. The molecule has 0 aliphatic carbocycles. The first kappa shape index (κ1) is 14.2. The Morgan fingerprint density at radius 2 is 1.90 bits per heavy atom. The maximum Gasteiger partial charge on any atom is 0.196 e. The van der Waals surface area contributed by atoms with Gasteiger partial charge in [0.2, 0.25) is 0 Å². The molecule has 0 aromatic heterocycles. The van der Waals surface area contributed by atoms with E-state index in [4.69, 9.17) is 10.5 Å². The average Bonchev–Trinajstić information content (AvgIpc) is 2.48. The Labute approximate surface area is 117 Å². The van der Waals surface area contributed by atoms with Gasteiger partial charge in [-0.15, -0.1) is 0 Å². The van der Waals surface area contributed by atoms with E-state index in [0.29, 0.717) is 12.1 Å². The molecule has 0 saturated carbocycles. The summed E-state index contributed by atoms with van der Waals surface area (Å²) < 4.78 is 18.9. The molecule has 0 aliphatic rings. The molecule has 0 atom stereocenters. The van der Waals surface area contributed by atoms with E-state index in [9.17, 15) is 9.18 Å². The van der Waals surface area contributed by atoms with Gasteiger partial charge in [0, 0.05) is 5.56 Å². The first-order valence-electron chi connectivity index (χ1n) is 6.33. The molecule has 0 heterocycles. The highest BCUT2D eigenvalue weighted by molar-refractivity contribution is 6.09. The van der Waals surface area contributed by atoms with Crippen LogP contribution in [0.4, 0.5) is 4.39 Å². The maximum absolute atomic E-state index is 14.0. The van der Waals surface area contributed by atoms with E-state index in [2.05, 4.69) is 0 Å². The van der Waals surface area contributed by atoms with E-state index in [1.54, 1.807) is 18.2 Å². The van der Waals surface area contributed by atoms with Gasteiger partial charge < -0.3 is 10.5 Å². The van der Waals surface area contributed by atoms with Crippen molar-refractivity contribution in [2.24, 2.45) is 5.73 Å². The fraction of sp³-hybridized carbons (Fsp3) is 0.188. The van der Waals surface area contributed by atoms with Crippen molar-refractivity contribution >= 4 is 5.78 Å². The summed E-state index contributed by atoms with van der Waals surface area (Å²) in [6, 6.07) is 11.6. The van der Waals surface area contributed by atoms with Crippen molar-refractivity contribution in [3.05, 3.63) is 65.0 Å². The number of methoxy groups -OCH3 is 1. The second kappa shape index (κ2) is 6.30. The number of hydrogen-bond donors (Lipinski definition) is 1. The Kier molecular flexibility index (Phi) is 4.48. The molecule has 0 amide bonds. The summed E-state index contributed by atoms with van der Waals surface area (Å²) in [7, 11) is 1.37. The predicted octanol–water partition coefficient (Wildman–Crippen LogP) is 2.57. The summed E-state index contributed by atoms with van der Waals surface area (Å²) >= 11 is 0. The highest BCUT2D eigenvalue weighted by Gasteiger charge is 2.16. The largest absolute Gasteiger partial charge is 0.494 e. The molecule has 0 spiro atoms. The topological polar surface area (TPSA) is 52.3 Å². The predicted molar refractivity (Wildman–Crippen MR) is 75.6 cm³/mol. The second-order valence-electron chi connectivity index (χ2n) is 4.39. The molecule has 2 aromatic carbocycles. The summed E-state index contributed by atoms with van der Waals surface area (Å²) in [6.07, 6.45) is 0.752. The molecule has 0 radical (unpaired) electrons. The van der Waals surface area contributed by atoms with Crippen LogP contribution in [0.25, 0.3) is 0 Å². The third-order valence-electron chi connectivity index (χ3n) is 3.08. The van der Waals surface area contributed by atoms with Crippen LogP contribution in [0.1, 0.15) is 21.5 Å². The molecule has 0 bridgehead atoms. The minimum atomic E-state index is -0.633. The van der Waals surface area contributed by atoms with E-state index >= 15 is 0 Å². The number of hydrogen-bond acceptors (Lipinski definition) is 3. The van der Waals surface area contributed by atoms with Gasteiger partial charge in [0.1, 0.15) is 0 Å². The van der Waals surface area contributed by atoms with Crippen LogP contribution in [0.5, 0.6) is 5.75 Å². The van der Waals surface area contributed by atoms with Crippen molar-refractivity contribution in [3.63, 3.8) is 0 Å². The lowest BCUT2D eigenvalue weighted by molar-refractivity contribution is 0.103. The number of ketones is 1. The van der Waals surface area contributed by atoms with Gasteiger partial charge in [-0.3, -0.25) is 4.79 Å². The molecule has 0 unspecified atom stereocenters. The molecule has 0 aliphatic heterocycles. The van der Waals surface area contributed by atoms with Crippen LogP contribution in [-0.4, -0.2) is 19.4 Å². The second-order valence-corrected chi connectivity index (χ2v) is 4.39. The molecular formula is C16H16FNO2. The van der Waals surface area contributed by atoms with E-state index in [0.717, 1.165) is 12.0 Å². The van der Waals surface area contributed by atoms with Gasteiger partial charge in [-0.2, -0.15) is 0 Å². The highest BCUT2D eigenvalue weighted by Crippen LogP contribution is 2.22. The van der Waals surface area contributed by atoms with Gasteiger partial charge in [-0.1, -0.05) is 30.3 Å². The van der Waals surface area contributed by atoms with Gasteiger partial charge in [0.25, 0.3) is 0 Å². The smallest absolute Gasteiger partial charge is 0.196 e. The Hall–Kier alpha value is -2.20. The van der Waals surface area contributed by atoms with Crippen molar-refractivity contribution in [1.82, 2.24) is 0 Å². The molecule has 2 aromatic rings. The van der Waals surface area contributed by atoms with Crippen molar-refractivity contribution in [2.75, 3.05) is 13.7 Å². The molecule has 2 N–H and O–H groups in total. The van der Waals surface area contributed by atoms with Crippen molar-refractivity contribution < 1.29 is 13.9 Å². The van der Waals surface area contributed by atoms with E-state index in [1.807, 2.05) is 12.1 Å². The van der Waals surface area contributed by atoms with Gasteiger partial charge in [-0.25, -0.2) is 4.39 Å². The standard InChI is InChI=1S/C16H16FNO2/c1-20-14-4-2-3-13(15(14)17)16(19)12-7-5-11(6-8-12)9-10-18/h2-8H,9-10,18H2,1H3.